The van der Waals surface area contributed by atoms with E-state index in [9.17, 15) is 0 Å². The van der Waals surface area contributed by atoms with E-state index >= 15 is 0 Å². The van der Waals surface area contributed by atoms with Gasteiger partial charge in [0.15, 0.2) is 6.29 Å². The zero-order valence-electron chi connectivity index (χ0n) is 13.1. The first kappa shape index (κ1) is 15.7. The van der Waals surface area contributed by atoms with Gasteiger partial charge in [0.2, 0.25) is 5.96 Å². The van der Waals surface area contributed by atoms with Gasteiger partial charge in [-0.25, -0.2) is 0 Å². The van der Waals surface area contributed by atoms with Crippen LogP contribution in [0.5, 0.6) is 0 Å². The Labute approximate surface area is 126 Å². The van der Waals surface area contributed by atoms with Crippen molar-refractivity contribution in [2.75, 3.05) is 27.7 Å². The molecule has 2 heterocycles. The highest BCUT2D eigenvalue weighted by Crippen LogP contribution is 2.14. The highest BCUT2D eigenvalue weighted by Gasteiger charge is 2.26. The van der Waals surface area contributed by atoms with Crippen molar-refractivity contribution in [3.05, 3.63) is 23.7 Å². The third-order valence-electron chi connectivity index (χ3n) is 3.52. The molecule has 1 atom stereocenters. The van der Waals surface area contributed by atoms with Gasteiger partial charge in [-0.3, -0.25) is 10.7 Å². The summed E-state index contributed by atoms with van der Waals surface area (Å²) in [4.78, 5) is 4.01. The van der Waals surface area contributed by atoms with Crippen molar-refractivity contribution in [2.45, 2.75) is 32.1 Å². The number of nitrogens with two attached hydrogens (primary N) is 2. The molecule has 0 saturated carbocycles. The molecule has 2 rings (SSSR count). The molecule has 1 aromatic heterocycles. The van der Waals surface area contributed by atoms with E-state index in [0.29, 0.717) is 5.96 Å². The Morgan fingerprint density at radius 3 is 2.62 bits per heavy atom. The lowest BCUT2D eigenvalue weighted by atomic mass is 10.2. The minimum absolute atomic E-state index is 0.250. The van der Waals surface area contributed by atoms with Crippen molar-refractivity contribution >= 4 is 5.96 Å². The molecule has 0 saturated heterocycles. The Kier molecular flexibility index (Phi) is 5.08. The summed E-state index contributed by atoms with van der Waals surface area (Å²) < 4.78 is 5.79. The van der Waals surface area contributed by atoms with Crippen LogP contribution in [0.1, 0.15) is 24.4 Å². The van der Waals surface area contributed by atoms with Crippen molar-refractivity contribution in [3.63, 3.8) is 0 Å². The van der Waals surface area contributed by atoms with Gasteiger partial charge in [-0.05, 0) is 39.1 Å². The van der Waals surface area contributed by atoms with Gasteiger partial charge >= 0.3 is 0 Å². The molecule has 118 valence electrons. The van der Waals surface area contributed by atoms with E-state index < -0.39 is 0 Å². The van der Waals surface area contributed by atoms with Crippen molar-refractivity contribution in [3.8, 4) is 0 Å². The smallest absolute Gasteiger partial charge is 0.216 e. The first-order valence-electron chi connectivity index (χ1n) is 7.29. The van der Waals surface area contributed by atoms with Crippen LogP contribution in [0.25, 0.3) is 0 Å². The number of hydrogen-bond donors (Lipinski definition) is 2. The Hall–Kier alpha value is -1.73. The molecule has 1 aliphatic rings. The minimum Gasteiger partial charge on any atom is -0.465 e. The number of guanidine groups is 1. The zero-order valence-corrected chi connectivity index (χ0v) is 13.1. The van der Waals surface area contributed by atoms with Gasteiger partial charge in [-0.15, -0.1) is 5.10 Å². The normalized spacial score (nSPS) is 18.7. The molecule has 0 spiro atoms. The Morgan fingerprint density at radius 2 is 2.00 bits per heavy atom. The maximum atomic E-state index is 5.99. The van der Waals surface area contributed by atoms with Crippen molar-refractivity contribution in [2.24, 2.45) is 16.6 Å². The summed E-state index contributed by atoms with van der Waals surface area (Å²) in [5.41, 5.74) is 11.8. The number of hydrogen-bond acceptors (Lipinski definition) is 7. The van der Waals surface area contributed by atoms with E-state index in [4.69, 9.17) is 15.9 Å². The quantitative estimate of drug-likeness (QED) is 0.707. The summed E-state index contributed by atoms with van der Waals surface area (Å²) in [7, 11) is 5.89. The molecule has 7 heteroatoms. The monoisotopic (exact) mass is 294 g/mol. The highest BCUT2D eigenvalue weighted by atomic mass is 16.3. The van der Waals surface area contributed by atoms with Gasteiger partial charge < -0.3 is 20.0 Å². The van der Waals surface area contributed by atoms with Crippen LogP contribution in [0.4, 0.5) is 0 Å². The van der Waals surface area contributed by atoms with Crippen LogP contribution >= 0.6 is 0 Å². The Morgan fingerprint density at radius 1 is 1.29 bits per heavy atom. The van der Waals surface area contributed by atoms with Crippen molar-refractivity contribution in [1.82, 2.24) is 14.8 Å². The molecular formula is C14H26N6O. The average molecular weight is 294 g/mol. The summed E-state index contributed by atoms with van der Waals surface area (Å²) in [5, 5.41) is 5.80. The highest BCUT2D eigenvalue weighted by molar-refractivity contribution is 5.79. The van der Waals surface area contributed by atoms with Crippen LogP contribution < -0.4 is 11.5 Å². The standard InChI is InChI=1S/C14H26N6O/c1-18(2)10-12-8-7-11(21-12)6-4-5-9-20-13(15)17-19(3)14(20)16/h7-8,14H,4-6,9-10,16H2,1-3H3,(H2,15,17). The van der Waals surface area contributed by atoms with Gasteiger partial charge in [-0.2, -0.15) is 0 Å². The van der Waals surface area contributed by atoms with Gasteiger partial charge in [0.25, 0.3) is 0 Å². The average Bonchev–Trinajstić information content (AvgIpc) is 2.93. The van der Waals surface area contributed by atoms with Crippen molar-refractivity contribution in [1.29, 1.82) is 0 Å². The molecule has 1 aromatic rings. The fourth-order valence-corrected chi connectivity index (χ4v) is 2.40. The van der Waals surface area contributed by atoms with E-state index in [0.717, 1.165) is 43.9 Å². The number of aryl methyl sites for hydroxylation is 1. The second-order valence-electron chi connectivity index (χ2n) is 5.70. The van der Waals surface area contributed by atoms with Crippen LogP contribution in [0.2, 0.25) is 0 Å². The largest absolute Gasteiger partial charge is 0.465 e. The molecule has 1 unspecified atom stereocenters. The molecule has 0 aliphatic carbocycles. The lowest BCUT2D eigenvalue weighted by Crippen LogP contribution is -2.49. The van der Waals surface area contributed by atoms with E-state index in [2.05, 4.69) is 16.1 Å². The first-order chi connectivity index (χ1) is 9.97. The molecule has 0 aromatic carbocycles. The number of rotatable bonds is 7. The number of furan rings is 1. The Balaban J connectivity index is 1.70. The van der Waals surface area contributed by atoms with Crippen LogP contribution in [-0.4, -0.2) is 54.7 Å². The predicted molar refractivity (Wildman–Crippen MR) is 83.1 cm³/mol. The second-order valence-corrected chi connectivity index (χ2v) is 5.70. The molecular weight excluding hydrogens is 268 g/mol. The van der Waals surface area contributed by atoms with Crippen LogP contribution in [0.3, 0.4) is 0 Å². The van der Waals surface area contributed by atoms with Crippen LogP contribution in [0.15, 0.2) is 21.7 Å². The number of nitrogens with zero attached hydrogens (tertiary/aromatic N) is 4. The van der Waals surface area contributed by atoms with E-state index in [1.807, 2.05) is 32.1 Å². The van der Waals surface area contributed by atoms with E-state index in [-0.39, 0.29) is 6.29 Å². The number of hydrazone groups is 1. The molecule has 0 bridgehead atoms. The maximum absolute atomic E-state index is 5.99. The van der Waals surface area contributed by atoms with E-state index in [1.165, 1.54) is 0 Å². The number of unbranched alkanes of at least 4 members (excludes halogenated alkanes) is 1. The van der Waals surface area contributed by atoms with Gasteiger partial charge in [0.1, 0.15) is 11.5 Å². The molecule has 0 fully saturated rings. The molecule has 21 heavy (non-hydrogen) atoms. The summed E-state index contributed by atoms with van der Waals surface area (Å²) in [5.74, 6) is 2.54. The molecule has 0 radical (unpaired) electrons. The molecule has 1 aliphatic heterocycles. The fourth-order valence-electron chi connectivity index (χ4n) is 2.40. The SMILES string of the molecule is CN(C)Cc1ccc(CCCCN2C(N)=NN(C)C2N)o1. The van der Waals surface area contributed by atoms with E-state index in [1.54, 1.807) is 5.01 Å². The topological polar surface area (TPSA) is 87.3 Å². The van der Waals surface area contributed by atoms with Gasteiger partial charge in [0.05, 0.1) is 6.54 Å². The maximum Gasteiger partial charge on any atom is 0.216 e. The van der Waals surface area contributed by atoms with Crippen LogP contribution in [-0.2, 0) is 13.0 Å². The lowest BCUT2D eigenvalue weighted by molar-refractivity contribution is 0.163. The third kappa shape index (κ3) is 4.12. The Bertz CT molecular complexity index is 484. The second kappa shape index (κ2) is 6.82. The zero-order chi connectivity index (χ0) is 15.4. The van der Waals surface area contributed by atoms with Gasteiger partial charge in [-0.1, -0.05) is 0 Å². The summed E-state index contributed by atoms with van der Waals surface area (Å²) in [6.07, 6.45) is 2.72. The minimum atomic E-state index is -0.250. The third-order valence-corrected chi connectivity index (χ3v) is 3.52. The summed E-state index contributed by atoms with van der Waals surface area (Å²) in [6.45, 7) is 1.65. The summed E-state index contributed by atoms with van der Waals surface area (Å²) in [6, 6.07) is 4.11. The predicted octanol–water partition coefficient (Wildman–Crippen LogP) is 0.383. The van der Waals surface area contributed by atoms with Gasteiger partial charge in [0, 0.05) is 20.0 Å². The lowest BCUT2D eigenvalue weighted by Gasteiger charge is -2.25. The van der Waals surface area contributed by atoms with Crippen LogP contribution in [0, 0.1) is 0 Å². The first-order valence-corrected chi connectivity index (χ1v) is 7.29. The van der Waals surface area contributed by atoms with Crippen molar-refractivity contribution < 1.29 is 4.42 Å². The molecule has 0 amide bonds. The summed E-state index contributed by atoms with van der Waals surface area (Å²) >= 11 is 0. The molecule has 7 nitrogen and oxygen atoms in total. The fraction of sp³-hybridized carbons (Fsp3) is 0.643. The molecule has 4 N–H and O–H groups in total.